The molecule has 0 N–H and O–H groups in total. The van der Waals surface area contributed by atoms with Crippen LogP contribution in [-0.4, -0.2) is 112 Å². The maximum atomic E-state index is 13.9. The standard InChI is InChI=1S/C42H50N6O6/c1-43(2)35-11-7-9-33(21-35)25-45(23-31-13-17-37(53-5)18-14-31)39(49)27-47-29-42(52)48(30-41(47)51)28-40(50)46(24-32-15-19-38(54-6)20-16-32)26-34-10-8-12-36(22-34)44(3)4/h7-22H,23-30H2,1-6H3. The Hall–Kier alpha value is -6.04. The number of methoxy groups -OCH3 is 2. The van der Waals surface area contributed by atoms with Gasteiger partial charge in [0.2, 0.25) is 23.6 Å². The van der Waals surface area contributed by atoms with Crippen molar-refractivity contribution in [3.63, 3.8) is 0 Å². The lowest BCUT2D eigenvalue weighted by atomic mass is 10.1. The van der Waals surface area contributed by atoms with Crippen LogP contribution in [0.5, 0.6) is 11.5 Å². The minimum Gasteiger partial charge on any atom is -0.497 e. The summed E-state index contributed by atoms with van der Waals surface area (Å²) in [5.41, 5.74) is 5.65. The van der Waals surface area contributed by atoms with Crippen LogP contribution in [0.25, 0.3) is 0 Å². The number of hydrogen-bond donors (Lipinski definition) is 0. The van der Waals surface area contributed by atoms with Crippen molar-refractivity contribution in [3.05, 3.63) is 119 Å². The normalized spacial score (nSPS) is 12.7. The van der Waals surface area contributed by atoms with Gasteiger partial charge in [0.05, 0.1) is 14.2 Å². The Morgan fingerprint density at radius 3 is 1.22 bits per heavy atom. The minimum atomic E-state index is -0.393. The molecule has 0 unspecified atom stereocenters. The van der Waals surface area contributed by atoms with Gasteiger partial charge in [-0.3, -0.25) is 19.2 Å². The SMILES string of the molecule is COc1ccc(CN(Cc2cccc(N(C)C)c2)C(=O)CN2CC(=O)N(CC(=O)N(Cc3ccc(OC)cc3)Cc3cccc(N(C)C)c3)CC2=O)cc1. The zero-order chi connectivity index (χ0) is 38.8. The molecule has 54 heavy (non-hydrogen) atoms. The zero-order valence-corrected chi connectivity index (χ0v) is 32.0. The predicted molar refractivity (Wildman–Crippen MR) is 209 cm³/mol. The van der Waals surface area contributed by atoms with E-state index in [0.717, 1.165) is 33.6 Å². The monoisotopic (exact) mass is 734 g/mol. The third-order valence-corrected chi connectivity index (χ3v) is 9.38. The number of piperazine rings is 1. The van der Waals surface area contributed by atoms with E-state index in [9.17, 15) is 19.2 Å². The molecule has 12 heteroatoms. The molecule has 284 valence electrons. The van der Waals surface area contributed by atoms with Gasteiger partial charge in [-0.05, 0) is 70.8 Å². The fourth-order valence-electron chi connectivity index (χ4n) is 6.19. The largest absolute Gasteiger partial charge is 0.497 e. The molecule has 1 heterocycles. The molecule has 1 aliphatic heterocycles. The summed E-state index contributed by atoms with van der Waals surface area (Å²) in [7, 11) is 11.0. The highest BCUT2D eigenvalue weighted by Crippen LogP contribution is 2.21. The van der Waals surface area contributed by atoms with Crippen LogP contribution in [0.4, 0.5) is 11.4 Å². The summed E-state index contributed by atoms with van der Waals surface area (Å²) in [6.45, 7) is 0.0975. The summed E-state index contributed by atoms with van der Waals surface area (Å²) >= 11 is 0. The van der Waals surface area contributed by atoms with Crippen molar-refractivity contribution in [2.45, 2.75) is 26.2 Å². The van der Waals surface area contributed by atoms with Gasteiger partial charge in [0, 0.05) is 65.7 Å². The quantitative estimate of drug-likeness (QED) is 0.168. The number of nitrogens with zero attached hydrogens (tertiary/aromatic N) is 6. The van der Waals surface area contributed by atoms with Crippen LogP contribution in [0, 0.1) is 0 Å². The van der Waals surface area contributed by atoms with Gasteiger partial charge >= 0.3 is 0 Å². The molecule has 0 aromatic heterocycles. The van der Waals surface area contributed by atoms with Crippen LogP contribution in [-0.2, 0) is 45.4 Å². The number of hydrogen-bond acceptors (Lipinski definition) is 8. The van der Waals surface area contributed by atoms with Crippen molar-refractivity contribution in [2.75, 3.05) is 78.4 Å². The second-order valence-electron chi connectivity index (χ2n) is 13.8. The maximum absolute atomic E-state index is 13.9. The van der Waals surface area contributed by atoms with Crippen LogP contribution < -0.4 is 19.3 Å². The minimum absolute atomic E-state index is 0.262. The molecular weight excluding hydrogens is 684 g/mol. The second kappa shape index (κ2) is 18.1. The first-order valence-corrected chi connectivity index (χ1v) is 17.8. The number of rotatable bonds is 16. The molecule has 1 saturated heterocycles. The van der Waals surface area contributed by atoms with E-state index in [-0.39, 0.29) is 38.0 Å². The first kappa shape index (κ1) is 39.2. The van der Waals surface area contributed by atoms with Crippen LogP contribution in [0.3, 0.4) is 0 Å². The summed E-state index contributed by atoms with van der Waals surface area (Å²) in [5.74, 6) is 0.0383. The Bertz CT molecular complexity index is 1770. The second-order valence-corrected chi connectivity index (χ2v) is 13.8. The van der Waals surface area contributed by atoms with Gasteiger partial charge in [0.25, 0.3) is 0 Å². The molecule has 4 aromatic rings. The molecule has 0 spiro atoms. The third-order valence-electron chi connectivity index (χ3n) is 9.38. The number of carbonyl (C=O) groups is 4. The lowest BCUT2D eigenvalue weighted by Gasteiger charge is -2.35. The van der Waals surface area contributed by atoms with Gasteiger partial charge in [-0.15, -0.1) is 0 Å². The number of ether oxygens (including phenoxy) is 2. The van der Waals surface area contributed by atoms with E-state index in [0.29, 0.717) is 37.7 Å². The molecule has 0 saturated carbocycles. The van der Waals surface area contributed by atoms with Crippen molar-refractivity contribution in [2.24, 2.45) is 0 Å². The van der Waals surface area contributed by atoms with E-state index in [2.05, 4.69) is 0 Å². The van der Waals surface area contributed by atoms with Crippen molar-refractivity contribution in [3.8, 4) is 11.5 Å². The predicted octanol–water partition coefficient (Wildman–Crippen LogP) is 4.26. The number of anilines is 2. The molecule has 4 amide bonds. The highest BCUT2D eigenvalue weighted by molar-refractivity contribution is 5.97. The lowest BCUT2D eigenvalue weighted by Crippen LogP contribution is -2.57. The van der Waals surface area contributed by atoms with E-state index in [1.807, 2.05) is 135 Å². The van der Waals surface area contributed by atoms with Gasteiger partial charge < -0.3 is 38.9 Å². The van der Waals surface area contributed by atoms with E-state index >= 15 is 0 Å². The van der Waals surface area contributed by atoms with Crippen molar-refractivity contribution < 1.29 is 28.7 Å². The fraction of sp³-hybridized carbons (Fsp3) is 0.333. The molecule has 0 atom stereocenters. The number of benzene rings is 4. The molecular formula is C42H50N6O6. The van der Waals surface area contributed by atoms with Crippen molar-refractivity contribution in [1.29, 1.82) is 0 Å². The highest BCUT2D eigenvalue weighted by Gasteiger charge is 2.34. The molecule has 1 fully saturated rings. The molecule has 0 bridgehead atoms. The summed E-state index contributed by atoms with van der Waals surface area (Å²) in [5, 5.41) is 0. The molecule has 0 radical (unpaired) electrons. The Balaban J connectivity index is 1.28. The van der Waals surface area contributed by atoms with E-state index < -0.39 is 11.8 Å². The highest BCUT2D eigenvalue weighted by atomic mass is 16.5. The summed E-state index contributed by atoms with van der Waals surface area (Å²) in [4.78, 5) is 64.8. The average molecular weight is 735 g/mol. The Morgan fingerprint density at radius 2 is 0.889 bits per heavy atom. The van der Waals surface area contributed by atoms with Crippen LogP contribution >= 0.6 is 0 Å². The van der Waals surface area contributed by atoms with E-state index in [1.54, 1.807) is 24.0 Å². The smallest absolute Gasteiger partial charge is 0.243 e. The Kier molecular flexibility index (Phi) is 13.2. The van der Waals surface area contributed by atoms with Crippen LogP contribution in [0.1, 0.15) is 22.3 Å². The first-order valence-electron chi connectivity index (χ1n) is 17.8. The summed E-state index contributed by atoms with van der Waals surface area (Å²) in [6, 6.07) is 30.8. The molecule has 12 nitrogen and oxygen atoms in total. The van der Waals surface area contributed by atoms with E-state index in [1.165, 1.54) is 9.80 Å². The van der Waals surface area contributed by atoms with Gasteiger partial charge in [-0.25, -0.2) is 0 Å². The summed E-state index contributed by atoms with van der Waals surface area (Å²) < 4.78 is 10.6. The molecule has 5 rings (SSSR count). The average Bonchev–Trinajstić information content (AvgIpc) is 3.17. The topological polar surface area (TPSA) is 106 Å². The fourth-order valence-corrected chi connectivity index (χ4v) is 6.19. The maximum Gasteiger partial charge on any atom is 0.243 e. The number of carbonyl (C=O) groups excluding carboxylic acids is 4. The molecule has 0 aliphatic carbocycles. The van der Waals surface area contributed by atoms with Crippen molar-refractivity contribution >= 4 is 35.0 Å². The molecule has 4 aromatic carbocycles. The third kappa shape index (κ3) is 10.5. The van der Waals surface area contributed by atoms with Gasteiger partial charge in [0.15, 0.2) is 0 Å². The van der Waals surface area contributed by atoms with Gasteiger partial charge in [0.1, 0.15) is 37.7 Å². The Labute approximate surface area is 318 Å². The van der Waals surface area contributed by atoms with Crippen molar-refractivity contribution in [1.82, 2.24) is 19.6 Å². The van der Waals surface area contributed by atoms with Crippen LogP contribution in [0.15, 0.2) is 97.1 Å². The molecule has 1 aliphatic rings. The first-order chi connectivity index (χ1) is 25.9. The van der Waals surface area contributed by atoms with Gasteiger partial charge in [-0.1, -0.05) is 48.5 Å². The zero-order valence-electron chi connectivity index (χ0n) is 32.0. The van der Waals surface area contributed by atoms with Crippen LogP contribution in [0.2, 0.25) is 0 Å². The summed E-state index contributed by atoms with van der Waals surface area (Å²) in [6.07, 6.45) is 0. The lowest BCUT2D eigenvalue weighted by molar-refractivity contribution is -0.155. The number of amides is 4. The Morgan fingerprint density at radius 1 is 0.537 bits per heavy atom. The van der Waals surface area contributed by atoms with E-state index in [4.69, 9.17) is 9.47 Å². The van der Waals surface area contributed by atoms with Gasteiger partial charge in [-0.2, -0.15) is 0 Å².